The van der Waals surface area contributed by atoms with Gasteiger partial charge in [0.2, 0.25) is 0 Å². The van der Waals surface area contributed by atoms with Gasteiger partial charge in [-0.05, 0) is 12.8 Å². The Kier molecular flexibility index (Phi) is 13.7. The standard InChI is InChI=1S/C10H20BrClO2S/c11-7-10-15(13)14-9-6-4-2-1-3-5-8-12/h1-10H2. The minimum Gasteiger partial charge on any atom is -0.291 e. The van der Waals surface area contributed by atoms with Gasteiger partial charge >= 0.3 is 0 Å². The zero-order chi connectivity index (χ0) is 11.4. The van der Waals surface area contributed by atoms with E-state index in [1.54, 1.807) is 0 Å². The summed E-state index contributed by atoms with van der Waals surface area (Å²) in [5.41, 5.74) is 0. The zero-order valence-corrected chi connectivity index (χ0v) is 12.2. The first-order chi connectivity index (χ1) is 7.31. The lowest BCUT2D eigenvalue weighted by molar-refractivity contribution is 0.333. The van der Waals surface area contributed by atoms with E-state index in [2.05, 4.69) is 15.9 Å². The van der Waals surface area contributed by atoms with Crippen molar-refractivity contribution in [1.82, 2.24) is 0 Å². The summed E-state index contributed by atoms with van der Waals surface area (Å²) in [5.74, 6) is 1.35. The molecule has 5 heteroatoms. The van der Waals surface area contributed by atoms with Crippen molar-refractivity contribution in [2.24, 2.45) is 0 Å². The Morgan fingerprint density at radius 2 is 1.67 bits per heavy atom. The second-order valence-electron chi connectivity index (χ2n) is 3.33. The van der Waals surface area contributed by atoms with Crippen LogP contribution in [0, 0.1) is 0 Å². The van der Waals surface area contributed by atoms with Crippen LogP contribution >= 0.6 is 27.5 Å². The van der Waals surface area contributed by atoms with Crippen LogP contribution < -0.4 is 0 Å². The van der Waals surface area contributed by atoms with Crippen LogP contribution in [0.4, 0.5) is 0 Å². The molecule has 0 aromatic carbocycles. The molecule has 15 heavy (non-hydrogen) atoms. The van der Waals surface area contributed by atoms with E-state index in [0.29, 0.717) is 12.4 Å². The van der Waals surface area contributed by atoms with Crippen LogP contribution in [0.2, 0.25) is 0 Å². The fourth-order valence-electron chi connectivity index (χ4n) is 1.18. The maximum absolute atomic E-state index is 11.1. The van der Waals surface area contributed by atoms with E-state index in [-0.39, 0.29) is 0 Å². The molecule has 0 radical (unpaired) electrons. The lowest BCUT2D eigenvalue weighted by Crippen LogP contribution is -2.04. The Morgan fingerprint density at radius 3 is 2.27 bits per heavy atom. The third-order valence-corrected chi connectivity index (χ3v) is 4.14. The largest absolute Gasteiger partial charge is 0.291 e. The predicted octanol–water partition coefficient (Wildman–Crippen LogP) is 3.64. The topological polar surface area (TPSA) is 26.3 Å². The molecule has 0 fully saturated rings. The Hall–Kier alpha value is 0.880. The van der Waals surface area contributed by atoms with E-state index < -0.39 is 11.1 Å². The molecule has 0 spiro atoms. The van der Waals surface area contributed by atoms with Crippen molar-refractivity contribution >= 4 is 38.6 Å². The van der Waals surface area contributed by atoms with Crippen molar-refractivity contribution in [3.63, 3.8) is 0 Å². The van der Waals surface area contributed by atoms with Gasteiger partial charge in [0.25, 0.3) is 0 Å². The van der Waals surface area contributed by atoms with Crippen molar-refractivity contribution in [2.75, 3.05) is 23.6 Å². The molecule has 0 aliphatic heterocycles. The summed E-state index contributed by atoms with van der Waals surface area (Å²) >= 11 is 7.70. The average Bonchev–Trinajstić information content (AvgIpc) is 2.22. The maximum atomic E-state index is 11.1. The highest BCUT2D eigenvalue weighted by Crippen LogP contribution is 2.06. The van der Waals surface area contributed by atoms with Gasteiger partial charge in [-0.3, -0.25) is 4.18 Å². The van der Waals surface area contributed by atoms with Gasteiger partial charge in [0, 0.05) is 11.2 Å². The van der Waals surface area contributed by atoms with Crippen molar-refractivity contribution in [3.05, 3.63) is 0 Å². The first-order valence-corrected chi connectivity index (χ1v) is 8.35. The van der Waals surface area contributed by atoms with E-state index in [4.69, 9.17) is 15.8 Å². The molecule has 0 saturated carbocycles. The normalized spacial score (nSPS) is 12.9. The van der Waals surface area contributed by atoms with Crippen molar-refractivity contribution in [2.45, 2.75) is 38.5 Å². The molecule has 0 aromatic rings. The van der Waals surface area contributed by atoms with Gasteiger partial charge in [-0.1, -0.05) is 41.6 Å². The van der Waals surface area contributed by atoms with Crippen LogP contribution in [-0.4, -0.2) is 27.8 Å². The monoisotopic (exact) mass is 318 g/mol. The van der Waals surface area contributed by atoms with Crippen LogP contribution in [-0.2, 0) is 15.3 Å². The Balaban J connectivity index is 3.01. The van der Waals surface area contributed by atoms with Gasteiger partial charge in [-0.25, -0.2) is 4.21 Å². The van der Waals surface area contributed by atoms with Crippen molar-refractivity contribution in [3.8, 4) is 0 Å². The number of unbranched alkanes of at least 4 members (excludes halogenated alkanes) is 5. The Labute approximate surface area is 109 Å². The Morgan fingerprint density at radius 1 is 1.07 bits per heavy atom. The molecular weight excluding hydrogens is 300 g/mol. The van der Waals surface area contributed by atoms with E-state index in [1.807, 2.05) is 0 Å². The molecule has 0 aliphatic carbocycles. The summed E-state index contributed by atoms with van der Waals surface area (Å²) in [5, 5.41) is 0.734. The second-order valence-corrected chi connectivity index (χ2v) is 5.75. The van der Waals surface area contributed by atoms with Gasteiger partial charge < -0.3 is 0 Å². The summed E-state index contributed by atoms with van der Waals surface area (Å²) in [4.78, 5) is 0. The number of alkyl halides is 2. The fraction of sp³-hybridized carbons (Fsp3) is 1.00. The van der Waals surface area contributed by atoms with E-state index in [0.717, 1.165) is 30.5 Å². The summed E-state index contributed by atoms with van der Waals surface area (Å²) in [6.07, 6.45) is 6.98. The summed E-state index contributed by atoms with van der Waals surface area (Å²) in [6.45, 7) is 0.620. The van der Waals surface area contributed by atoms with E-state index in [1.165, 1.54) is 19.3 Å². The third-order valence-electron chi connectivity index (χ3n) is 1.99. The summed E-state index contributed by atoms with van der Waals surface area (Å²) in [6, 6.07) is 0. The molecule has 1 unspecified atom stereocenters. The molecule has 0 bridgehead atoms. The third kappa shape index (κ3) is 12.8. The molecule has 2 nitrogen and oxygen atoms in total. The number of rotatable bonds is 11. The predicted molar refractivity (Wildman–Crippen MR) is 71.2 cm³/mol. The molecular formula is C10H20BrClO2S. The van der Waals surface area contributed by atoms with Gasteiger partial charge in [0.1, 0.15) is 0 Å². The fourth-order valence-corrected chi connectivity index (χ4v) is 2.71. The van der Waals surface area contributed by atoms with Crippen LogP contribution in [0.25, 0.3) is 0 Å². The molecule has 0 N–H and O–H groups in total. The smallest absolute Gasteiger partial charge is 0.156 e. The minimum atomic E-state index is -1.09. The summed E-state index contributed by atoms with van der Waals surface area (Å²) in [7, 11) is 0. The van der Waals surface area contributed by atoms with Gasteiger partial charge in [-0.2, -0.15) is 0 Å². The molecule has 0 aliphatic rings. The molecule has 0 amide bonds. The highest BCUT2D eigenvalue weighted by molar-refractivity contribution is 9.09. The second kappa shape index (κ2) is 12.9. The maximum Gasteiger partial charge on any atom is 0.156 e. The first kappa shape index (κ1) is 15.9. The lowest BCUT2D eigenvalue weighted by Gasteiger charge is -2.02. The molecule has 1 atom stereocenters. The Bertz CT molecular complexity index is 158. The minimum absolute atomic E-state index is 0.579. The van der Waals surface area contributed by atoms with Crippen LogP contribution in [0.15, 0.2) is 0 Å². The van der Waals surface area contributed by atoms with Gasteiger partial charge in [-0.15, -0.1) is 11.6 Å². The highest BCUT2D eigenvalue weighted by Gasteiger charge is 1.98. The molecule has 0 rings (SSSR count). The number of halogens is 2. The molecule has 0 heterocycles. The van der Waals surface area contributed by atoms with Crippen molar-refractivity contribution in [1.29, 1.82) is 0 Å². The SMILES string of the molecule is O=S(CCBr)OCCCCCCCCCl. The molecule has 0 aromatic heterocycles. The van der Waals surface area contributed by atoms with E-state index >= 15 is 0 Å². The van der Waals surface area contributed by atoms with Crippen LogP contribution in [0.1, 0.15) is 38.5 Å². The number of hydrogen-bond donors (Lipinski definition) is 0. The number of hydrogen-bond acceptors (Lipinski definition) is 2. The van der Waals surface area contributed by atoms with Gasteiger partial charge in [0.15, 0.2) is 11.1 Å². The van der Waals surface area contributed by atoms with E-state index in [9.17, 15) is 4.21 Å². The quantitative estimate of drug-likeness (QED) is 0.429. The zero-order valence-electron chi connectivity index (χ0n) is 9.05. The van der Waals surface area contributed by atoms with Crippen molar-refractivity contribution < 1.29 is 8.39 Å². The summed E-state index contributed by atoms with van der Waals surface area (Å²) < 4.78 is 16.2. The average molecular weight is 320 g/mol. The van der Waals surface area contributed by atoms with Gasteiger partial charge in [0.05, 0.1) is 12.4 Å². The molecule has 92 valence electrons. The van der Waals surface area contributed by atoms with Crippen LogP contribution in [0.5, 0.6) is 0 Å². The lowest BCUT2D eigenvalue weighted by atomic mass is 10.1. The molecule has 0 saturated heterocycles. The highest BCUT2D eigenvalue weighted by atomic mass is 79.9. The van der Waals surface area contributed by atoms with Crippen LogP contribution in [0.3, 0.4) is 0 Å². The first-order valence-electron chi connectivity index (χ1n) is 5.45.